The highest BCUT2D eigenvalue weighted by Crippen LogP contribution is 2.19. The smallest absolute Gasteiger partial charge is 0.252 e. The molecule has 0 atom stereocenters. The standard InChI is InChI=1S/C13H19ClN2OS/c1-16(2)8-4-3-7-15-13(17)11-9-10(18)5-6-12(11)14/h5-6,9,18H,3-4,7-8H2,1-2H3,(H,15,17). The van der Waals surface area contributed by atoms with Crippen molar-refractivity contribution >= 4 is 30.1 Å². The third kappa shape index (κ3) is 5.29. The Morgan fingerprint density at radius 3 is 2.78 bits per heavy atom. The average molecular weight is 287 g/mol. The Kier molecular flexibility index (Phi) is 6.54. The van der Waals surface area contributed by atoms with E-state index in [4.69, 9.17) is 11.6 Å². The van der Waals surface area contributed by atoms with E-state index in [-0.39, 0.29) is 5.91 Å². The van der Waals surface area contributed by atoms with Gasteiger partial charge in [-0.2, -0.15) is 0 Å². The second kappa shape index (κ2) is 7.67. The first-order chi connectivity index (χ1) is 8.50. The molecule has 1 rings (SSSR count). The summed E-state index contributed by atoms with van der Waals surface area (Å²) in [5.41, 5.74) is 0.483. The van der Waals surface area contributed by atoms with Gasteiger partial charge < -0.3 is 10.2 Å². The molecule has 1 amide bonds. The summed E-state index contributed by atoms with van der Waals surface area (Å²) in [5.74, 6) is -0.138. The van der Waals surface area contributed by atoms with Crippen molar-refractivity contribution in [1.29, 1.82) is 0 Å². The molecular formula is C13H19ClN2OS. The number of nitrogens with one attached hydrogen (secondary N) is 1. The minimum Gasteiger partial charge on any atom is -0.352 e. The fourth-order valence-corrected chi connectivity index (χ4v) is 1.94. The summed E-state index contributed by atoms with van der Waals surface area (Å²) < 4.78 is 0. The Hall–Kier alpha value is -0.710. The van der Waals surface area contributed by atoms with E-state index in [1.807, 2.05) is 14.1 Å². The van der Waals surface area contributed by atoms with Gasteiger partial charge in [-0.15, -0.1) is 12.6 Å². The zero-order valence-electron chi connectivity index (χ0n) is 10.7. The van der Waals surface area contributed by atoms with Gasteiger partial charge in [0.1, 0.15) is 0 Å². The van der Waals surface area contributed by atoms with Crippen LogP contribution in [0.3, 0.4) is 0 Å². The van der Waals surface area contributed by atoms with Gasteiger partial charge in [-0.25, -0.2) is 0 Å². The lowest BCUT2D eigenvalue weighted by atomic mass is 10.2. The SMILES string of the molecule is CN(C)CCCCNC(=O)c1cc(S)ccc1Cl. The molecule has 0 saturated heterocycles. The van der Waals surface area contributed by atoms with Crippen LogP contribution in [-0.2, 0) is 0 Å². The summed E-state index contributed by atoms with van der Waals surface area (Å²) >= 11 is 10.2. The zero-order chi connectivity index (χ0) is 13.5. The second-order valence-corrected chi connectivity index (χ2v) is 5.35. The third-order valence-corrected chi connectivity index (χ3v) is 3.12. The lowest BCUT2D eigenvalue weighted by Crippen LogP contribution is -2.25. The van der Waals surface area contributed by atoms with Crippen molar-refractivity contribution in [2.75, 3.05) is 27.2 Å². The number of nitrogens with zero attached hydrogens (tertiary/aromatic N) is 1. The fraction of sp³-hybridized carbons (Fsp3) is 0.462. The Morgan fingerprint density at radius 1 is 1.39 bits per heavy atom. The average Bonchev–Trinajstić information content (AvgIpc) is 2.31. The number of hydrogen-bond acceptors (Lipinski definition) is 3. The molecule has 0 unspecified atom stereocenters. The number of unbranched alkanes of at least 4 members (excludes halogenated alkanes) is 1. The largest absolute Gasteiger partial charge is 0.352 e. The molecule has 0 bridgehead atoms. The van der Waals surface area contributed by atoms with Gasteiger partial charge in [0, 0.05) is 11.4 Å². The van der Waals surface area contributed by atoms with E-state index in [1.165, 1.54) is 0 Å². The number of carbonyl (C=O) groups is 1. The van der Waals surface area contributed by atoms with Crippen molar-refractivity contribution in [2.45, 2.75) is 17.7 Å². The quantitative estimate of drug-likeness (QED) is 0.622. The molecule has 3 nitrogen and oxygen atoms in total. The number of hydrogen-bond donors (Lipinski definition) is 2. The molecule has 0 spiro atoms. The van der Waals surface area contributed by atoms with Crippen molar-refractivity contribution in [1.82, 2.24) is 10.2 Å². The van der Waals surface area contributed by atoms with Crippen LogP contribution in [0.1, 0.15) is 23.2 Å². The maximum Gasteiger partial charge on any atom is 0.252 e. The minimum absolute atomic E-state index is 0.138. The normalized spacial score (nSPS) is 10.7. The van der Waals surface area contributed by atoms with E-state index < -0.39 is 0 Å². The minimum atomic E-state index is -0.138. The molecule has 1 aromatic carbocycles. The Labute approximate surface area is 119 Å². The second-order valence-electron chi connectivity index (χ2n) is 4.43. The molecule has 0 fully saturated rings. The Bertz CT molecular complexity index is 410. The maximum atomic E-state index is 11.9. The van der Waals surface area contributed by atoms with Crippen LogP contribution in [0.5, 0.6) is 0 Å². The highest BCUT2D eigenvalue weighted by atomic mass is 35.5. The topological polar surface area (TPSA) is 32.3 Å². The Morgan fingerprint density at radius 2 is 2.11 bits per heavy atom. The summed E-state index contributed by atoms with van der Waals surface area (Å²) in [6, 6.07) is 5.13. The molecule has 0 aliphatic rings. The Balaban J connectivity index is 2.39. The van der Waals surface area contributed by atoms with Gasteiger partial charge in [0.2, 0.25) is 0 Å². The lowest BCUT2D eigenvalue weighted by molar-refractivity contribution is 0.0952. The number of rotatable bonds is 6. The monoisotopic (exact) mass is 286 g/mol. The predicted octanol–water partition coefficient (Wildman–Crippen LogP) is 2.70. The molecule has 1 aromatic rings. The number of thiol groups is 1. The van der Waals surface area contributed by atoms with Crippen molar-refractivity contribution in [3.05, 3.63) is 28.8 Å². The number of amides is 1. The van der Waals surface area contributed by atoms with E-state index in [0.717, 1.165) is 24.3 Å². The van der Waals surface area contributed by atoms with E-state index in [9.17, 15) is 4.79 Å². The van der Waals surface area contributed by atoms with Crippen LogP contribution in [0, 0.1) is 0 Å². The van der Waals surface area contributed by atoms with Crippen molar-refractivity contribution in [3.63, 3.8) is 0 Å². The van der Waals surface area contributed by atoms with Crippen LogP contribution in [0.15, 0.2) is 23.1 Å². The van der Waals surface area contributed by atoms with Gasteiger partial charge in [0.15, 0.2) is 0 Å². The number of halogens is 1. The summed E-state index contributed by atoms with van der Waals surface area (Å²) in [4.78, 5) is 14.7. The molecule has 0 radical (unpaired) electrons. The van der Waals surface area contributed by atoms with Crippen LogP contribution in [0.2, 0.25) is 5.02 Å². The van der Waals surface area contributed by atoms with Gasteiger partial charge in [-0.3, -0.25) is 4.79 Å². The summed E-state index contributed by atoms with van der Waals surface area (Å²) in [6.45, 7) is 1.70. The first-order valence-corrected chi connectivity index (χ1v) is 6.74. The van der Waals surface area contributed by atoms with E-state index in [0.29, 0.717) is 17.1 Å². The van der Waals surface area contributed by atoms with Crippen LogP contribution in [0.25, 0.3) is 0 Å². The van der Waals surface area contributed by atoms with Crippen LogP contribution >= 0.6 is 24.2 Å². The molecule has 0 heterocycles. The molecule has 1 N–H and O–H groups in total. The summed E-state index contributed by atoms with van der Waals surface area (Å²) in [6.07, 6.45) is 2.02. The zero-order valence-corrected chi connectivity index (χ0v) is 12.4. The summed E-state index contributed by atoms with van der Waals surface area (Å²) in [7, 11) is 4.08. The van der Waals surface area contributed by atoms with Crippen molar-refractivity contribution in [2.24, 2.45) is 0 Å². The number of carbonyl (C=O) groups excluding carboxylic acids is 1. The fourth-order valence-electron chi connectivity index (χ4n) is 1.54. The van der Waals surface area contributed by atoms with Gasteiger partial charge >= 0.3 is 0 Å². The molecule has 0 aliphatic carbocycles. The van der Waals surface area contributed by atoms with E-state index >= 15 is 0 Å². The molecule has 0 aliphatic heterocycles. The first kappa shape index (κ1) is 15.3. The van der Waals surface area contributed by atoms with E-state index in [2.05, 4.69) is 22.8 Å². The molecule has 18 heavy (non-hydrogen) atoms. The van der Waals surface area contributed by atoms with Crippen molar-refractivity contribution < 1.29 is 4.79 Å². The van der Waals surface area contributed by atoms with Crippen molar-refractivity contribution in [3.8, 4) is 0 Å². The van der Waals surface area contributed by atoms with Gasteiger partial charge in [0.25, 0.3) is 5.91 Å². The first-order valence-electron chi connectivity index (χ1n) is 5.92. The van der Waals surface area contributed by atoms with E-state index in [1.54, 1.807) is 18.2 Å². The van der Waals surface area contributed by atoms with Crippen LogP contribution < -0.4 is 5.32 Å². The summed E-state index contributed by atoms with van der Waals surface area (Å²) in [5, 5.41) is 3.32. The van der Waals surface area contributed by atoms with Crippen LogP contribution in [0.4, 0.5) is 0 Å². The van der Waals surface area contributed by atoms with Crippen LogP contribution in [-0.4, -0.2) is 38.0 Å². The molecule has 100 valence electrons. The highest BCUT2D eigenvalue weighted by molar-refractivity contribution is 7.80. The predicted molar refractivity (Wildman–Crippen MR) is 78.8 cm³/mol. The number of benzene rings is 1. The molecular weight excluding hydrogens is 268 g/mol. The van der Waals surface area contributed by atoms with Gasteiger partial charge in [-0.05, 0) is 51.7 Å². The van der Waals surface area contributed by atoms with Gasteiger partial charge in [-0.1, -0.05) is 11.6 Å². The molecule has 0 saturated carbocycles. The molecule has 5 heteroatoms. The molecule has 0 aromatic heterocycles. The highest BCUT2D eigenvalue weighted by Gasteiger charge is 2.09. The maximum absolute atomic E-state index is 11.9. The lowest BCUT2D eigenvalue weighted by Gasteiger charge is -2.10. The third-order valence-electron chi connectivity index (χ3n) is 2.51. The van der Waals surface area contributed by atoms with Gasteiger partial charge in [0.05, 0.1) is 10.6 Å².